The average molecular weight is 294 g/mol. The van der Waals surface area contributed by atoms with Crippen LogP contribution in [0, 0.1) is 5.82 Å². The number of ether oxygens (including phenoxy) is 1. The molecule has 1 heterocycles. The number of nitrogens with one attached hydrogen (secondary N) is 1. The van der Waals surface area contributed by atoms with Gasteiger partial charge in [-0.3, -0.25) is 0 Å². The van der Waals surface area contributed by atoms with Gasteiger partial charge in [0.15, 0.2) is 0 Å². The van der Waals surface area contributed by atoms with Crippen molar-refractivity contribution >= 4 is 11.8 Å². The first-order valence-electron chi connectivity index (χ1n) is 7.34. The van der Waals surface area contributed by atoms with Crippen molar-refractivity contribution in [1.29, 1.82) is 0 Å². The quantitative estimate of drug-likeness (QED) is 0.925. The van der Waals surface area contributed by atoms with Gasteiger partial charge in [-0.25, -0.2) is 9.18 Å². The van der Waals surface area contributed by atoms with Crippen molar-refractivity contribution in [2.24, 2.45) is 0 Å². The van der Waals surface area contributed by atoms with E-state index in [2.05, 4.69) is 5.32 Å². The molecular weight excluding hydrogens is 271 g/mol. The van der Waals surface area contributed by atoms with Gasteiger partial charge >= 0.3 is 6.09 Å². The smallest absolute Gasteiger partial charge is 0.410 e. The molecule has 1 fully saturated rings. The summed E-state index contributed by atoms with van der Waals surface area (Å²) >= 11 is 0. The van der Waals surface area contributed by atoms with Gasteiger partial charge in [0, 0.05) is 18.8 Å². The van der Waals surface area contributed by atoms with Gasteiger partial charge in [0.2, 0.25) is 0 Å². The molecule has 1 aliphatic rings. The Hall–Kier alpha value is -1.78. The van der Waals surface area contributed by atoms with Crippen molar-refractivity contribution in [3.05, 3.63) is 30.1 Å². The van der Waals surface area contributed by atoms with E-state index in [1.165, 1.54) is 12.1 Å². The molecular formula is C16H23FN2O2. The number of anilines is 1. The molecule has 0 saturated carbocycles. The predicted molar refractivity (Wildman–Crippen MR) is 80.9 cm³/mol. The fourth-order valence-corrected chi connectivity index (χ4v) is 2.41. The SMILES string of the molecule is CC(C)(C)OC(=O)N1CCC[C@H]1CNc1ccc(F)cc1. The maximum atomic E-state index is 12.9. The summed E-state index contributed by atoms with van der Waals surface area (Å²) in [4.78, 5) is 13.9. The molecule has 1 amide bonds. The number of hydrogen-bond donors (Lipinski definition) is 1. The van der Waals surface area contributed by atoms with Crippen molar-refractivity contribution in [1.82, 2.24) is 4.90 Å². The molecule has 1 saturated heterocycles. The van der Waals surface area contributed by atoms with Crippen molar-refractivity contribution in [3.8, 4) is 0 Å². The number of hydrogen-bond acceptors (Lipinski definition) is 3. The molecule has 0 aromatic heterocycles. The summed E-state index contributed by atoms with van der Waals surface area (Å²) in [5, 5.41) is 3.25. The van der Waals surface area contributed by atoms with Crippen LogP contribution < -0.4 is 5.32 Å². The lowest BCUT2D eigenvalue weighted by Crippen LogP contribution is -2.42. The lowest BCUT2D eigenvalue weighted by Gasteiger charge is -2.28. The van der Waals surface area contributed by atoms with E-state index in [1.807, 2.05) is 20.8 Å². The monoisotopic (exact) mass is 294 g/mol. The number of likely N-dealkylation sites (tertiary alicyclic amines) is 1. The molecule has 1 aromatic carbocycles. The Kier molecular flexibility index (Phi) is 4.70. The molecule has 1 aliphatic heterocycles. The molecule has 1 atom stereocenters. The van der Waals surface area contributed by atoms with Gasteiger partial charge in [-0.05, 0) is 57.9 Å². The first-order valence-corrected chi connectivity index (χ1v) is 7.34. The number of benzene rings is 1. The first kappa shape index (κ1) is 15.6. The predicted octanol–water partition coefficient (Wildman–Crippen LogP) is 3.64. The number of amides is 1. The zero-order chi connectivity index (χ0) is 15.5. The average Bonchev–Trinajstić information content (AvgIpc) is 2.84. The maximum Gasteiger partial charge on any atom is 0.410 e. The topological polar surface area (TPSA) is 41.6 Å². The maximum absolute atomic E-state index is 12.9. The highest BCUT2D eigenvalue weighted by atomic mass is 19.1. The lowest BCUT2D eigenvalue weighted by atomic mass is 10.2. The van der Waals surface area contributed by atoms with Gasteiger partial charge in [0.1, 0.15) is 11.4 Å². The van der Waals surface area contributed by atoms with Crippen LogP contribution >= 0.6 is 0 Å². The molecule has 21 heavy (non-hydrogen) atoms. The van der Waals surface area contributed by atoms with Crippen LogP contribution in [-0.2, 0) is 4.74 Å². The highest BCUT2D eigenvalue weighted by Crippen LogP contribution is 2.21. The van der Waals surface area contributed by atoms with Crippen LogP contribution in [0.25, 0.3) is 0 Å². The van der Waals surface area contributed by atoms with E-state index in [0.29, 0.717) is 6.54 Å². The standard InChI is InChI=1S/C16H23FN2O2/c1-16(2,3)21-15(20)19-10-4-5-14(19)11-18-13-8-6-12(17)7-9-13/h6-9,14,18H,4-5,10-11H2,1-3H3/t14-/m0/s1. The van der Waals surface area contributed by atoms with Crippen molar-refractivity contribution in [2.75, 3.05) is 18.4 Å². The second kappa shape index (κ2) is 6.33. The molecule has 0 unspecified atom stereocenters. The molecule has 2 rings (SSSR count). The van der Waals surface area contributed by atoms with Gasteiger partial charge in [-0.1, -0.05) is 0 Å². The second-order valence-corrected chi connectivity index (χ2v) is 6.36. The second-order valence-electron chi connectivity index (χ2n) is 6.36. The summed E-state index contributed by atoms with van der Waals surface area (Å²) in [6.07, 6.45) is 1.67. The van der Waals surface area contributed by atoms with E-state index in [9.17, 15) is 9.18 Å². The van der Waals surface area contributed by atoms with Gasteiger partial charge in [0.25, 0.3) is 0 Å². The number of carbonyl (C=O) groups excluding carboxylic acids is 1. The third-order valence-electron chi connectivity index (χ3n) is 3.39. The summed E-state index contributed by atoms with van der Waals surface area (Å²) in [6, 6.07) is 6.35. The third-order valence-corrected chi connectivity index (χ3v) is 3.39. The molecule has 116 valence electrons. The number of carbonyl (C=O) groups is 1. The Bertz CT molecular complexity index is 482. The van der Waals surface area contributed by atoms with Crippen LogP contribution in [0.15, 0.2) is 24.3 Å². The number of rotatable bonds is 3. The zero-order valence-corrected chi connectivity index (χ0v) is 12.9. The van der Waals surface area contributed by atoms with Crippen LogP contribution in [0.2, 0.25) is 0 Å². The highest BCUT2D eigenvalue weighted by molar-refractivity contribution is 5.69. The molecule has 5 heteroatoms. The van der Waals surface area contributed by atoms with Crippen LogP contribution in [0.3, 0.4) is 0 Å². The number of halogens is 1. The van der Waals surface area contributed by atoms with E-state index >= 15 is 0 Å². The van der Waals surface area contributed by atoms with E-state index in [-0.39, 0.29) is 18.0 Å². The summed E-state index contributed by atoms with van der Waals surface area (Å²) in [5.74, 6) is -0.253. The normalized spacial score (nSPS) is 18.7. The van der Waals surface area contributed by atoms with E-state index in [0.717, 1.165) is 25.1 Å². The molecule has 0 aliphatic carbocycles. The molecule has 1 N–H and O–H groups in total. The Labute approximate surface area is 125 Å². The van der Waals surface area contributed by atoms with Crippen molar-refractivity contribution in [3.63, 3.8) is 0 Å². The van der Waals surface area contributed by atoms with Gasteiger partial charge in [-0.15, -0.1) is 0 Å². The molecule has 4 nitrogen and oxygen atoms in total. The van der Waals surface area contributed by atoms with Crippen molar-refractivity contribution < 1.29 is 13.9 Å². The van der Waals surface area contributed by atoms with E-state index in [4.69, 9.17) is 4.74 Å². The van der Waals surface area contributed by atoms with Crippen LogP contribution in [0.4, 0.5) is 14.9 Å². The summed E-state index contributed by atoms with van der Waals surface area (Å²) in [5.41, 5.74) is 0.377. The molecule has 0 bridgehead atoms. The van der Waals surface area contributed by atoms with Crippen LogP contribution in [0.1, 0.15) is 33.6 Å². The number of nitrogens with zero attached hydrogens (tertiary/aromatic N) is 1. The Morgan fingerprint density at radius 1 is 1.38 bits per heavy atom. The zero-order valence-electron chi connectivity index (χ0n) is 12.9. The van der Waals surface area contributed by atoms with Crippen LogP contribution in [-0.4, -0.2) is 35.7 Å². The third kappa shape index (κ3) is 4.62. The largest absolute Gasteiger partial charge is 0.444 e. The van der Waals surface area contributed by atoms with Crippen molar-refractivity contribution in [2.45, 2.75) is 45.3 Å². The van der Waals surface area contributed by atoms with Crippen LogP contribution in [0.5, 0.6) is 0 Å². The Balaban J connectivity index is 1.90. The minimum Gasteiger partial charge on any atom is -0.444 e. The Morgan fingerprint density at radius 2 is 2.05 bits per heavy atom. The molecule has 0 radical (unpaired) electrons. The molecule has 0 spiro atoms. The summed E-state index contributed by atoms with van der Waals surface area (Å²) in [7, 11) is 0. The molecule has 1 aromatic rings. The minimum absolute atomic E-state index is 0.116. The van der Waals surface area contributed by atoms with Gasteiger partial charge in [0.05, 0.1) is 6.04 Å². The van der Waals surface area contributed by atoms with E-state index < -0.39 is 5.60 Å². The van der Waals surface area contributed by atoms with E-state index in [1.54, 1.807) is 17.0 Å². The van der Waals surface area contributed by atoms with Gasteiger partial charge in [-0.2, -0.15) is 0 Å². The summed E-state index contributed by atoms with van der Waals surface area (Å²) in [6.45, 7) is 6.97. The summed E-state index contributed by atoms with van der Waals surface area (Å²) < 4.78 is 18.3. The highest BCUT2D eigenvalue weighted by Gasteiger charge is 2.31. The fourth-order valence-electron chi connectivity index (χ4n) is 2.41. The fraction of sp³-hybridized carbons (Fsp3) is 0.562. The minimum atomic E-state index is -0.478. The lowest BCUT2D eigenvalue weighted by molar-refractivity contribution is 0.0235. The first-order chi connectivity index (χ1) is 9.85. The van der Waals surface area contributed by atoms with Gasteiger partial charge < -0.3 is 15.0 Å². The Morgan fingerprint density at radius 3 is 2.67 bits per heavy atom.